The highest BCUT2D eigenvalue weighted by Gasteiger charge is 2.20. The summed E-state index contributed by atoms with van der Waals surface area (Å²) < 4.78 is 0. The van der Waals surface area contributed by atoms with E-state index in [2.05, 4.69) is 11.8 Å². The van der Waals surface area contributed by atoms with Crippen LogP contribution in [0.1, 0.15) is 36.5 Å². The highest BCUT2D eigenvalue weighted by molar-refractivity contribution is 5.94. The second kappa shape index (κ2) is 4.65. The van der Waals surface area contributed by atoms with Gasteiger partial charge in [0.2, 0.25) is 5.91 Å². The molecule has 4 N–H and O–H groups in total. The number of primary amides is 1. The Hall–Kier alpha value is -1.71. The van der Waals surface area contributed by atoms with Gasteiger partial charge in [0.25, 0.3) is 0 Å². The molecule has 1 amide bonds. The molecule has 0 radical (unpaired) electrons. The molecule has 1 atom stereocenters. The summed E-state index contributed by atoms with van der Waals surface area (Å²) in [6.07, 6.45) is 3.66. The minimum absolute atomic E-state index is 0.435. The van der Waals surface area contributed by atoms with Crippen molar-refractivity contribution in [1.29, 1.82) is 0 Å². The Bertz CT molecular complexity index is 431. The molecule has 0 bridgehead atoms. The molecule has 1 aliphatic heterocycles. The SMILES string of the molecule is C[C@@H]1CCCCN1c1ccc(C(N)=O)cc1N. The Morgan fingerprint density at radius 2 is 2.18 bits per heavy atom. The van der Waals surface area contributed by atoms with E-state index in [1.54, 1.807) is 12.1 Å². The van der Waals surface area contributed by atoms with Crippen LogP contribution in [0.4, 0.5) is 11.4 Å². The first kappa shape index (κ1) is 11.8. The lowest BCUT2D eigenvalue weighted by atomic mass is 10.0. The van der Waals surface area contributed by atoms with Gasteiger partial charge in [0, 0.05) is 18.2 Å². The Balaban J connectivity index is 2.29. The number of amides is 1. The summed E-state index contributed by atoms with van der Waals surface area (Å²) in [4.78, 5) is 13.4. The third-order valence-electron chi connectivity index (χ3n) is 3.42. The van der Waals surface area contributed by atoms with Crippen LogP contribution in [0.3, 0.4) is 0 Å². The molecule has 0 saturated carbocycles. The van der Waals surface area contributed by atoms with Crippen molar-refractivity contribution in [2.24, 2.45) is 5.73 Å². The van der Waals surface area contributed by atoms with E-state index in [9.17, 15) is 4.79 Å². The summed E-state index contributed by atoms with van der Waals surface area (Å²) in [6, 6.07) is 5.82. The summed E-state index contributed by atoms with van der Waals surface area (Å²) in [6.45, 7) is 3.24. The molecule has 4 nitrogen and oxygen atoms in total. The van der Waals surface area contributed by atoms with Crippen molar-refractivity contribution in [1.82, 2.24) is 0 Å². The molecule has 1 aliphatic rings. The van der Waals surface area contributed by atoms with Crippen LogP contribution in [-0.4, -0.2) is 18.5 Å². The molecule has 0 unspecified atom stereocenters. The fourth-order valence-corrected chi connectivity index (χ4v) is 2.43. The fraction of sp³-hybridized carbons (Fsp3) is 0.462. The van der Waals surface area contributed by atoms with Crippen LogP contribution in [-0.2, 0) is 0 Å². The topological polar surface area (TPSA) is 72.3 Å². The van der Waals surface area contributed by atoms with Gasteiger partial charge in [0.05, 0.1) is 11.4 Å². The first-order chi connectivity index (χ1) is 8.09. The Morgan fingerprint density at radius 3 is 2.76 bits per heavy atom. The number of carbonyl (C=O) groups is 1. The average Bonchev–Trinajstić information content (AvgIpc) is 2.30. The van der Waals surface area contributed by atoms with Crippen molar-refractivity contribution in [3.63, 3.8) is 0 Å². The Kier molecular flexibility index (Phi) is 3.22. The number of nitrogens with two attached hydrogens (primary N) is 2. The van der Waals surface area contributed by atoms with Crippen LogP contribution in [0.15, 0.2) is 18.2 Å². The smallest absolute Gasteiger partial charge is 0.248 e. The first-order valence-electron chi connectivity index (χ1n) is 6.05. The molecular weight excluding hydrogens is 214 g/mol. The molecule has 2 rings (SSSR count). The minimum Gasteiger partial charge on any atom is -0.397 e. The molecule has 92 valence electrons. The zero-order chi connectivity index (χ0) is 12.4. The van der Waals surface area contributed by atoms with Crippen LogP contribution in [0.25, 0.3) is 0 Å². The average molecular weight is 233 g/mol. The number of hydrogen-bond acceptors (Lipinski definition) is 3. The van der Waals surface area contributed by atoms with Gasteiger partial charge in [-0.15, -0.1) is 0 Å². The number of piperidine rings is 1. The lowest BCUT2D eigenvalue weighted by Gasteiger charge is -2.36. The number of anilines is 2. The van der Waals surface area contributed by atoms with E-state index < -0.39 is 5.91 Å². The normalized spacial score (nSPS) is 20.3. The summed E-state index contributed by atoms with van der Waals surface area (Å²) in [5, 5.41) is 0. The van der Waals surface area contributed by atoms with E-state index in [1.165, 1.54) is 19.3 Å². The van der Waals surface area contributed by atoms with Crippen LogP contribution < -0.4 is 16.4 Å². The molecule has 0 aromatic heterocycles. The van der Waals surface area contributed by atoms with Gasteiger partial charge in [-0.3, -0.25) is 4.79 Å². The van der Waals surface area contributed by atoms with Crippen molar-refractivity contribution >= 4 is 17.3 Å². The van der Waals surface area contributed by atoms with Crippen LogP contribution in [0, 0.1) is 0 Å². The van der Waals surface area contributed by atoms with Crippen LogP contribution in [0.2, 0.25) is 0 Å². The molecule has 1 aromatic carbocycles. The van der Waals surface area contributed by atoms with Gasteiger partial charge in [-0.05, 0) is 44.4 Å². The van der Waals surface area contributed by atoms with Gasteiger partial charge in [0.15, 0.2) is 0 Å². The third-order valence-corrected chi connectivity index (χ3v) is 3.42. The van der Waals surface area contributed by atoms with Gasteiger partial charge in [-0.25, -0.2) is 0 Å². The summed E-state index contributed by atoms with van der Waals surface area (Å²) in [5.41, 5.74) is 13.4. The van der Waals surface area contributed by atoms with Crippen LogP contribution in [0.5, 0.6) is 0 Å². The van der Waals surface area contributed by atoms with Gasteiger partial charge in [-0.2, -0.15) is 0 Å². The number of rotatable bonds is 2. The quantitative estimate of drug-likeness (QED) is 0.764. The maximum Gasteiger partial charge on any atom is 0.248 e. The first-order valence-corrected chi connectivity index (χ1v) is 6.05. The van der Waals surface area contributed by atoms with Crippen molar-refractivity contribution in [2.75, 3.05) is 17.2 Å². The van der Waals surface area contributed by atoms with Crippen molar-refractivity contribution in [2.45, 2.75) is 32.2 Å². The highest BCUT2D eigenvalue weighted by Crippen LogP contribution is 2.30. The van der Waals surface area contributed by atoms with E-state index in [0.717, 1.165) is 12.2 Å². The lowest BCUT2D eigenvalue weighted by molar-refractivity contribution is 0.100. The van der Waals surface area contributed by atoms with E-state index in [4.69, 9.17) is 11.5 Å². The zero-order valence-electron chi connectivity index (χ0n) is 10.1. The van der Waals surface area contributed by atoms with E-state index in [1.807, 2.05) is 6.07 Å². The van der Waals surface area contributed by atoms with E-state index in [-0.39, 0.29) is 0 Å². The second-order valence-electron chi connectivity index (χ2n) is 4.68. The lowest BCUT2D eigenvalue weighted by Crippen LogP contribution is -2.37. The maximum absolute atomic E-state index is 11.1. The summed E-state index contributed by atoms with van der Waals surface area (Å²) in [5.74, 6) is -0.435. The molecule has 1 heterocycles. The third kappa shape index (κ3) is 2.35. The van der Waals surface area contributed by atoms with Gasteiger partial charge in [-0.1, -0.05) is 0 Å². The minimum atomic E-state index is -0.435. The number of nitrogens with zero attached hydrogens (tertiary/aromatic N) is 1. The molecule has 1 fully saturated rings. The van der Waals surface area contributed by atoms with E-state index in [0.29, 0.717) is 17.3 Å². The molecule has 0 aliphatic carbocycles. The Labute approximate surface area is 102 Å². The molecule has 4 heteroatoms. The number of nitrogen functional groups attached to an aromatic ring is 1. The van der Waals surface area contributed by atoms with E-state index >= 15 is 0 Å². The fourth-order valence-electron chi connectivity index (χ4n) is 2.43. The largest absolute Gasteiger partial charge is 0.397 e. The molecule has 17 heavy (non-hydrogen) atoms. The Morgan fingerprint density at radius 1 is 1.41 bits per heavy atom. The second-order valence-corrected chi connectivity index (χ2v) is 4.68. The van der Waals surface area contributed by atoms with Crippen LogP contribution >= 0.6 is 0 Å². The number of carbonyl (C=O) groups excluding carboxylic acids is 1. The summed E-state index contributed by atoms with van der Waals surface area (Å²) in [7, 11) is 0. The number of benzene rings is 1. The molecule has 1 saturated heterocycles. The monoisotopic (exact) mass is 233 g/mol. The van der Waals surface area contributed by atoms with Gasteiger partial charge >= 0.3 is 0 Å². The van der Waals surface area contributed by atoms with Crippen molar-refractivity contribution < 1.29 is 4.79 Å². The van der Waals surface area contributed by atoms with Gasteiger partial charge < -0.3 is 16.4 Å². The summed E-state index contributed by atoms with van der Waals surface area (Å²) >= 11 is 0. The van der Waals surface area contributed by atoms with Crippen molar-refractivity contribution in [3.8, 4) is 0 Å². The van der Waals surface area contributed by atoms with Crippen molar-refractivity contribution in [3.05, 3.63) is 23.8 Å². The predicted molar refractivity (Wildman–Crippen MR) is 70.0 cm³/mol. The standard InChI is InChI=1S/C13H19N3O/c1-9-4-2-3-7-16(9)12-6-5-10(13(15)17)8-11(12)14/h5-6,8-9H,2-4,7,14H2,1H3,(H2,15,17)/t9-/m1/s1. The highest BCUT2D eigenvalue weighted by atomic mass is 16.1. The molecule has 1 aromatic rings. The number of hydrogen-bond donors (Lipinski definition) is 2. The molecule has 0 spiro atoms. The van der Waals surface area contributed by atoms with Gasteiger partial charge in [0.1, 0.15) is 0 Å². The maximum atomic E-state index is 11.1. The zero-order valence-corrected chi connectivity index (χ0v) is 10.1. The molecular formula is C13H19N3O. The predicted octanol–water partition coefficient (Wildman–Crippen LogP) is 1.75.